The minimum absolute atomic E-state index is 0.0426. The molecule has 1 atom stereocenters. The Morgan fingerprint density at radius 2 is 2.16 bits per heavy atom. The maximum atomic E-state index is 11.8. The van der Waals surface area contributed by atoms with E-state index in [4.69, 9.17) is 0 Å². The predicted octanol–water partition coefficient (Wildman–Crippen LogP) is 1.49. The van der Waals surface area contributed by atoms with Gasteiger partial charge in [0, 0.05) is 24.3 Å². The first kappa shape index (κ1) is 15.4. The largest absolute Gasteiger partial charge is 0.389 e. The predicted molar refractivity (Wildman–Crippen MR) is 76.0 cm³/mol. The molecule has 0 aliphatic heterocycles. The van der Waals surface area contributed by atoms with Crippen molar-refractivity contribution in [3.05, 3.63) is 23.9 Å². The molecule has 0 aliphatic rings. The quantitative estimate of drug-likeness (QED) is 0.818. The number of hydrogen-bond donors (Lipinski definition) is 2. The number of likely N-dealkylation sites (N-methyl/N-ethyl adjacent to an activating group) is 1. The number of anilines is 1. The van der Waals surface area contributed by atoms with Crippen LogP contribution in [0.15, 0.2) is 18.3 Å². The van der Waals surface area contributed by atoms with Crippen LogP contribution in [0.3, 0.4) is 0 Å². The van der Waals surface area contributed by atoms with E-state index in [1.807, 2.05) is 31.7 Å². The van der Waals surface area contributed by atoms with Crippen molar-refractivity contribution in [2.75, 3.05) is 18.0 Å². The lowest BCUT2D eigenvalue weighted by Crippen LogP contribution is -2.40. The molecule has 1 aromatic rings. The Balaban J connectivity index is 2.88. The summed E-state index contributed by atoms with van der Waals surface area (Å²) in [4.78, 5) is 18.0. The molecule has 2 N–H and O–H groups in total. The fourth-order valence-electron chi connectivity index (χ4n) is 1.88. The molecule has 1 heterocycles. The first-order valence-electron chi connectivity index (χ1n) is 6.63. The summed E-state index contributed by atoms with van der Waals surface area (Å²) in [5.41, 5.74) is 0.738. The Labute approximate surface area is 114 Å². The molecule has 5 nitrogen and oxygen atoms in total. The molecule has 0 saturated carbocycles. The van der Waals surface area contributed by atoms with Gasteiger partial charge in [0.25, 0.3) is 0 Å². The summed E-state index contributed by atoms with van der Waals surface area (Å²) in [5, 5.41) is 12.6. The van der Waals surface area contributed by atoms with Gasteiger partial charge in [-0.3, -0.25) is 4.79 Å². The van der Waals surface area contributed by atoms with Gasteiger partial charge in [-0.15, -0.1) is 0 Å². The summed E-state index contributed by atoms with van der Waals surface area (Å²) in [7, 11) is 0. The van der Waals surface area contributed by atoms with Crippen LogP contribution < -0.4 is 10.2 Å². The van der Waals surface area contributed by atoms with Crippen LogP contribution in [0.5, 0.6) is 0 Å². The highest BCUT2D eigenvalue weighted by atomic mass is 16.3. The van der Waals surface area contributed by atoms with Crippen molar-refractivity contribution in [1.82, 2.24) is 10.3 Å². The van der Waals surface area contributed by atoms with Crippen LogP contribution in [0.1, 0.15) is 39.4 Å². The highest BCUT2D eigenvalue weighted by Crippen LogP contribution is 2.23. The average Bonchev–Trinajstić information content (AvgIpc) is 2.35. The Morgan fingerprint density at radius 3 is 2.68 bits per heavy atom. The number of carbonyl (C=O) groups excluding carboxylic acids is 1. The van der Waals surface area contributed by atoms with Crippen molar-refractivity contribution in [3.63, 3.8) is 0 Å². The van der Waals surface area contributed by atoms with Gasteiger partial charge in [0.1, 0.15) is 5.82 Å². The van der Waals surface area contributed by atoms with Crippen LogP contribution >= 0.6 is 0 Å². The molecule has 0 spiro atoms. The Morgan fingerprint density at radius 1 is 1.47 bits per heavy atom. The van der Waals surface area contributed by atoms with Gasteiger partial charge in [-0.25, -0.2) is 4.98 Å². The lowest BCUT2D eigenvalue weighted by molar-refractivity contribution is -0.120. The van der Waals surface area contributed by atoms with Crippen LogP contribution in [0.4, 0.5) is 5.82 Å². The van der Waals surface area contributed by atoms with Gasteiger partial charge >= 0.3 is 0 Å². The maximum absolute atomic E-state index is 11.8. The Bertz CT molecular complexity index is 419. The van der Waals surface area contributed by atoms with Crippen molar-refractivity contribution in [3.8, 4) is 0 Å². The van der Waals surface area contributed by atoms with Crippen LogP contribution in [0.25, 0.3) is 0 Å². The third kappa shape index (κ3) is 4.52. The van der Waals surface area contributed by atoms with E-state index in [1.54, 1.807) is 19.2 Å². The van der Waals surface area contributed by atoms with Crippen molar-refractivity contribution in [1.29, 1.82) is 0 Å². The summed E-state index contributed by atoms with van der Waals surface area (Å²) >= 11 is 0. The number of aromatic nitrogens is 1. The summed E-state index contributed by atoms with van der Waals surface area (Å²) in [6, 6.07) is 3.73. The van der Waals surface area contributed by atoms with Crippen molar-refractivity contribution < 1.29 is 9.90 Å². The molecule has 0 unspecified atom stereocenters. The molecule has 0 bridgehead atoms. The zero-order valence-corrected chi connectivity index (χ0v) is 12.1. The van der Waals surface area contributed by atoms with E-state index in [0.29, 0.717) is 12.4 Å². The van der Waals surface area contributed by atoms with Gasteiger partial charge in [-0.2, -0.15) is 0 Å². The Hall–Kier alpha value is -1.62. The molecule has 1 rings (SSSR count). The van der Waals surface area contributed by atoms with Gasteiger partial charge in [0.2, 0.25) is 5.91 Å². The second-order valence-corrected chi connectivity index (χ2v) is 4.83. The lowest BCUT2D eigenvalue weighted by atomic mass is 10.1. The Kier molecular flexibility index (Phi) is 5.76. The highest BCUT2D eigenvalue weighted by molar-refractivity contribution is 5.81. The zero-order chi connectivity index (χ0) is 14.4. The first-order valence-corrected chi connectivity index (χ1v) is 6.63. The summed E-state index contributed by atoms with van der Waals surface area (Å²) < 4.78 is 0. The summed E-state index contributed by atoms with van der Waals surface area (Å²) in [5.74, 6) is 0.623. The van der Waals surface area contributed by atoms with E-state index in [1.165, 1.54) is 0 Å². The topological polar surface area (TPSA) is 65.5 Å². The van der Waals surface area contributed by atoms with Crippen LogP contribution in [-0.4, -0.2) is 35.1 Å². The zero-order valence-electron chi connectivity index (χ0n) is 12.1. The molecule has 0 aliphatic carbocycles. The van der Waals surface area contributed by atoms with E-state index in [0.717, 1.165) is 5.56 Å². The second kappa shape index (κ2) is 7.09. The second-order valence-electron chi connectivity index (χ2n) is 4.83. The highest BCUT2D eigenvalue weighted by Gasteiger charge is 2.17. The van der Waals surface area contributed by atoms with E-state index in [9.17, 15) is 9.90 Å². The van der Waals surface area contributed by atoms with Crippen molar-refractivity contribution >= 4 is 11.7 Å². The number of aliphatic hydroxyl groups excluding tert-OH is 1. The van der Waals surface area contributed by atoms with E-state index < -0.39 is 6.10 Å². The number of amides is 1. The molecule has 0 saturated heterocycles. The molecule has 1 amide bonds. The molecular weight excluding hydrogens is 242 g/mol. The lowest BCUT2D eigenvalue weighted by Gasteiger charge is -2.25. The van der Waals surface area contributed by atoms with Gasteiger partial charge in [-0.1, -0.05) is 6.07 Å². The van der Waals surface area contributed by atoms with Crippen LogP contribution in [0.2, 0.25) is 0 Å². The van der Waals surface area contributed by atoms with E-state index in [2.05, 4.69) is 10.3 Å². The molecule has 0 aromatic carbocycles. The monoisotopic (exact) mass is 265 g/mol. The van der Waals surface area contributed by atoms with Crippen molar-refractivity contribution in [2.24, 2.45) is 0 Å². The van der Waals surface area contributed by atoms with Gasteiger partial charge < -0.3 is 15.3 Å². The number of nitrogens with zero attached hydrogens (tertiary/aromatic N) is 2. The maximum Gasteiger partial charge on any atom is 0.239 e. The number of pyridine rings is 1. The van der Waals surface area contributed by atoms with E-state index >= 15 is 0 Å². The van der Waals surface area contributed by atoms with Gasteiger partial charge in [0.15, 0.2) is 0 Å². The number of carbonyl (C=O) groups is 1. The number of hydrogen-bond acceptors (Lipinski definition) is 4. The van der Waals surface area contributed by atoms with Crippen LogP contribution in [-0.2, 0) is 4.79 Å². The number of nitrogens with one attached hydrogen (secondary N) is 1. The molecule has 0 fully saturated rings. The number of rotatable bonds is 6. The van der Waals surface area contributed by atoms with Crippen molar-refractivity contribution in [2.45, 2.75) is 39.8 Å². The minimum Gasteiger partial charge on any atom is -0.389 e. The fraction of sp³-hybridized carbons (Fsp3) is 0.571. The third-order valence-corrected chi connectivity index (χ3v) is 2.73. The van der Waals surface area contributed by atoms with E-state index in [-0.39, 0.29) is 18.5 Å². The molecule has 1 aromatic heterocycles. The molecular formula is C14H23N3O2. The van der Waals surface area contributed by atoms with Gasteiger partial charge in [-0.05, 0) is 33.8 Å². The standard InChI is InChI=1S/C14H23N3O2/c1-5-17(9-13(19)16-10(2)3)14-12(11(4)18)7-6-8-15-14/h6-8,10-11,18H,5,9H2,1-4H3,(H,16,19)/t11-/m1/s1. The third-order valence-electron chi connectivity index (χ3n) is 2.73. The minimum atomic E-state index is -0.606. The first-order chi connectivity index (χ1) is 8.95. The molecule has 106 valence electrons. The van der Waals surface area contributed by atoms with Crippen LogP contribution in [0, 0.1) is 0 Å². The smallest absolute Gasteiger partial charge is 0.239 e. The molecule has 19 heavy (non-hydrogen) atoms. The fourth-order valence-corrected chi connectivity index (χ4v) is 1.88. The molecule has 5 heteroatoms. The summed E-state index contributed by atoms with van der Waals surface area (Å²) in [6.07, 6.45) is 1.07. The molecule has 0 radical (unpaired) electrons. The summed E-state index contributed by atoms with van der Waals surface area (Å²) in [6.45, 7) is 8.41. The number of aliphatic hydroxyl groups is 1. The average molecular weight is 265 g/mol. The van der Waals surface area contributed by atoms with Gasteiger partial charge in [0.05, 0.1) is 12.6 Å². The normalized spacial score (nSPS) is 12.3. The SMILES string of the molecule is CCN(CC(=O)NC(C)C)c1ncccc1[C@@H](C)O.